The van der Waals surface area contributed by atoms with E-state index in [0.29, 0.717) is 13.2 Å². The van der Waals surface area contributed by atoms with Crippen molar-refractivity contribution in [2.75, 3.05) is 20.2 Å². The molecule has 0 aromatic heterocycles. The third-order valence-corrected chi connectivity index (χ3v) is 3.62. The molecule has 2 rings (SSSR count). The van der Waals surface area contributed by atoms with E-state index in [9.17, 15) is 0 Å². The minimum absolute atomic E-state index is 0. The Labute approximate surface area is 168 Å². The molecule has 0 fully saturated rings. The lowest BCUT2D eigenvalue weighted by Crippen LogP contribution is -2.38. The molecule has 2 aromatic carbocycles. The first-order valence-electron chi connectivity index (χ1n) is 8.44. The molecule has 0 bridgehead atoms. The van der Waals surface area contributed by atoms with Gasteiger partial charge in [0.2, 0.25) is 0 Å². The highest BCUT2D eigenvalue weighted by Crippen LogP contribution is 2.07. The number of hydrogen-bond donors (Lipinski definition) is 2. The molecule has 0 aliphatic rings. The molecule has 25 heavy (non-hydrogen) atoms. The first-order chi connectivity index (χ1) is 11.8. The van der Waals surface area contributed by atoms with Crippen LogP contribution in [0.3, 0.4) is 0 Å². The second-order valence-corrected chi connectivity index (χ2v) is 5.61. The molecule has 0 saturated heterocycles. The maximum absolute atomic E-state index is 5.18. The van der Waals surface area contributed by atoms with Crippen molar-refractivity contribution >= 4 is 29.9 Å². The Hall–Kier alpha value is -1.60. The monoisotopic (exact) mass is 453 g/mol. The molecule has 0 heterocycles. The summed E-state index contributed by atoms with van der Waals surface area (Å²) in [5, 5.41) is 6.69. The van der Waals surface area contributed by atoms with Crippen LogP contribution in [0.5, 0.6) is 0 Å². The van der Waals surface area contributed by atoms with Gasteiger partial charge in [0.05, 0.1) is 13.2 Å². The summed E-state index contributed by atoms with van der Waals surface area (Å²) in [6.07, 6.45) is 0.981. The molecule has 2 N–H and O–H groups in total. The van der Waals surface area contributed by atoms with Gasteiger partial charge in [-0.05, 0) is 30.0 Å². The van der Waals surface area contributed by atoms with E-state index in [0.717, 1.165) is 25.5 Å². The van der Waals surface area contributed by atoms with Gasteiger partial charge >= 0.3 is 0 Å². The van der Waals surface area contributed by atoms with Crippen molar-refractivity contribution in [3.05, 3.63) is 71.3 Å². The van der Waals surface area contributed by atoms with Crippen molar-refractivity contribution < 1.29 is 4.74 Å². The number of methoxy groups -OCH3 is 1. The van der Waals surface area contributed by atoms with Crippen LogP contribution >= 0.6 is 24.0 Å². The van der Waals surface area contributed by atoms with Crippen LogP contribution < -0.4 is 10.6 Å². The molecule has 4 nitrogen and oxygen atoms in total. The van der Waals surface area contributed by atoms with E-state index >= 15 is 0 Å². The van der Waals surface area contributed by atoms with Crippen LogP contribution in [0.1, 0.15) is 23.6 Å². The van der Waals surface area contributed by atoms with E-state index in [1.54, 1.807) is 7.11 Å². The SMILES string of the molecule is CCNC(=NCc1cccc(COC)c1)NCCc1ccccc1.I. The number of aliphatic imine (C=N–C) groups is 1. The van der Waals surface area contributed by atoms with Gasteiger partial charge in [-0.1, -0.05) is 54.6 Å². The van der Waals surface area contributed by atoms with Crippen LogP contribution in [0.4, 0.5) is 0 Å². The van der Waals surface area contributed by atoms with Gasteiger partial charge in [-0.3, -0.25) is 0 Å². The summed E-state index contributed by atoms with van der Waals surface area (Å²) in [5.74, 6) is 0.852. The summed E-state index contributed by atoms with van der Waals surface area (Å²) in [6, 6.07) is 18.8. The van der Waals surface area contributed by atoms with Gasteiger partial charge in [0.25, 0.3) is 0 Å². The van der Waals surface area contributed by atoms with Crippen molar-refractivity contribution in [2.24, 2.45) is 4.99 Å². The quantitative estimate of drug-likeness (QED) is 0.364. The predicted molar refractivity (Wildman–Crippen MR) is 116 cm³/mol. The average molecular weight is 453 g/mol. The second-order valence-electron chi connectivity index (χ2n) is 5.61. The Kier molecular flexibility index (Phi) is 10.9. The van der Waals surface area contributed by atoms with Crippen LogP contribution in [0.25, 0.3) is 0 Å². The fourth-order valence-corrected chi connectivity index (χ4v) is 2.47. The van der Waals surface area contributed by atoms with E-state index in [1.807, 2.05) is 6.07 Å². The summed E-state index contributed by atoms with van der Waals surface area (Å²) in [6.45, 7) is 5.07. The van der Waals surface area contributed by atoms with Crippen LogP contribution in [-0.2, 0) is 24.3 Å². The smallest absolute Gasteiger partial charge is 0.191 e. The van der Waals surface area contributed by atoms with Crippen molar-refractivity contribution in [3.8, 4) is 0 Å². The average Bonchev–Trinajstić information content (AvgIpc) is 2.61. The fraction of sp³-hybridized carbons (Fsp3) is 0.350. The largest absolute Gasteiger partial charge is 0.380 e. The zero-order valence-corrected chi connectivity index (χ0v) is 17.3. The number of nitrogens with zero attached hydrogens (tertiary/aromatic N) is 1. The molecule has 0 saturated carbocycles. The first-order valence-corrected chi connectivity index (χ1v) is 8.44. The van der Waals surface area contributed by atoms with Crippen LogP contribution in [-0.4, -0.2) is 26.2 Å². The van der Waals surface area contributed by atoms with Crippen LogP contribution in [0.2, 0.25) is 0 Å². The lowest BCUT2D eigenvalue weighted by molar-refractivity contribution is 0.185. The number of ether oxygens (including phenoxy) is 1. The highest BCUT2D eigenvalue weighted by Gasteiger charge is 1.99. The number of guanidine groups is 1. The Morgan fingerprint density at radius 1 is 0.960 bits per heavy atom. The zero-order chi connectivity index (χ0) is 17.0. The van der Waals surface area contributed by atoms with Gasteiger partial charge in [0.15, 0.2) is 5.96 Å². The molecule has 2 aromatic rings. The van der Waals surface area contributed by atoms with Gasteiger partial charge in [0, 0.05) is 20.2 Å². The summed E-state index contributed by atoms with van der Waals surface area (Å²) < 4.78 is 5.18. The highest BCUT2D eigenvalue weighted by molar-refractivity contribution is 14.0. The zero-order valence-electron chi connectivity index (χ0n) is 15.0. The maximum Gasteiger partial charge on any atom is 0.191 e. The standard InChI is InChI=1S/C20H27N3O.HI/c1-3-21-20(22-13-12-17-8-5-4-6-9-17)23-15-18-10-7-11-19(14-18)16-24-2;/h4-11,14H,3,12-13,15-16H2,1-2H3,(H2,21,22,23);1H. The molecule has 0 atom stereocenters. The van der Waals surface area contributed by atoms with Crippen molar-refractivity contribution in [3.63, 3.8) is 0 Å². The molecule has 0 radical (unpaired) electrons. The van der Waals surface area contributed by atoms with Crippen LogP contribution in [0, 0.1) is 0 Å². The fourth-order valence-electron chi connectivity index (χ4n) is 2.47. The Bertz CT molecular complexity index is 632. The molecular formula is C20H28IN3O. The molecule has 0 amide bonds. The third kappa shape index (κ3) is 8.36. The third-order valence-electron chi connectivity index (χ3n) is 3.62. The minimum atomic E-state index is 0. The number of nitrogens with one attached hydrogen (secondary N) is 2. The highest BCUT2D eigenvalue weighted by atomic mass is 127. The van der Waals surface area contributed by atoms with Gasteiger partial charge in [0.1, 0.15) is 0 Å². The molecule has 136 valence electrons. The maximum atomic E-state index is 5.18. The molecule has 0 aliphatic carbocycles. The second kappa shape index (κ2) is 12.7. The Morgan fingerprint density at radius 3 is 2.40 bits per heavy atom. The molecular weight excluding hydrogens is 425 g/mol. The predicted octanol–water partition coefficient (Wildman–Crippen LogP) is 3.75. The summed E-state index contributed by atoms with van der Waals surface area (Å²) in [4.78, 5) is 4.67. The van der Waals surface area contributed by atoms with Crippen LogP contribution in [0.15, 0.2) is 59.6 Å². The topological polar surface area (TPSA) is 45.7 Å². The Balaban J connectivity index is 0.00000312. The van der Waals surface area contributed by atoms with E-state index in [1.165, 1.54) is 16.7 Å². The van der Waals surface area contributed by atoms with E-state index < -0.39 is 0 Å². The first kappa shape index (κ1) is 21.4. The van der Waals surface area contributed by atoms with Crippen molar-refractivity contribution in [1.82, 2.24) is 10.6 Å². The number of hydrogen-bond acceptors (Lipinski definition) is 2. The van der Waals surface area contributed by atoms with Crippen molar-refractivity contribution in [2.45, 2.75) is 26.5 Å². The van der Waals surface area contributed by atoms with Crippen molar-refractivity contribution in [1.29, 1.82) is 0 Å². The lowest BCUT2D eigenvalue weighted by atomic mass is 10.1. The van der Waals surface area contributed by atoms with E-state index in [-0.39, 0.29) is 24.0 Å². The number of benzene rings is 2. The van der Waals surface area contributed by atoms with Gasteiger partial charge in [-0.25, -0.2) is 4.99 Å². The van der Waals surface area contributed by atoms with E-state index in [2.05, 4.69) is 71.1 Å². The summed E-state index contributed by atoms with van der Waals surface area (Å²) >= 11 is 0. The molecule has 0 aliphatic heterocycles. The minimum Gasteiger partial charge on any atom is -0.380 e. The molecule has 0 spiro atoms. The summed E-state index contributed by atoms with van der Waals surface area (Å²) in [5.41, 5.74) is 3.69. The number of halogens is 1. The van der Waals surface area contributed by atoms with Gasteiger partial charge in [-0.15, -0.1) is 24.0 Å². The number of rotatable bonds is 8. The molecule has 0 unspecified atom stereocenters. The summed E-state index contributed by atoms with van der Waals surface area (Å²) in [7, 11) is 1.71. The van der Waals surface area contributed by atoms with E-state index in [4.69, 9.17) is 4.74 Å². The Morgan fingerprint density at radius 2 is 1.68 bits per heavy atom. The normalized spacial score (nSPS) is 10.9. The lowest BCUT2D eigenvalue weighted by Gasteiger charge is -2.11. The molecule has 5 heteroatoms. The van der Waals surface area contributed by atoms with Gasteiger partial charge < -0.3 is 15.4 Å². The van der Waals surface area contributed by atoms with Gasteiger partial charge in [-0.2, -0.15) is 0 Å².